The quantitative estimate of drug-likeness (QED) is 0.555. The highest BCUT2D eigenvalue weighted by molar-refractivity contribution is 7.98. The fourth-order valence-corrected chi connectivity index (χ4v) is 4.24. The van der Waals surface area contributed by atoms with Crippen LogP contribution in [0.4, 0.5) is 5.00 Å². The van der Waals surface area contributed by atoms with E-state index < -0.39 is 0 Å². The molecule has 0 radical (unpaired) electrons. The molecule has 0 saturated heterocycles. The Bertz CT molecular complexity index is 726. The highest BCUT2D eigenvalue weighted by Crippen LogP contribution is 2.37. The first kappa shape index (κ1) is 18.9. The molecular formula is C14H16Cl2N3OPS2. The molecule has 0 aliphatic heterocycles. The number of aromatic nitrogens is 2. The van der Waals surface area contributed by atoms with Crippen molar-refractivity contribution < 1.29 is 4.79 Å². The van der Waals surface area contributed by atoms with Crippen molar-refractivity contribution in [1.29, 1.82) is 0 Å². The third-order valence-corrected chi connectivity index (χ3v) is 6.48. The van der Waals surface area contributed by atoms with Gasteiger partial charge in [-0.15, -0.1) is 9.24 Å². The molecule has 2 unspecified atom stereocenters. The van der Waals surface area contributed by atoms with Gasteiger partial charge in [-0.3, -0.25) is 4.79 Å². The Morgan fingerprint density at radius 2 is 2.17 bits per heavy atom. The molecule has 0 fully saturated rings. The number of halogens is 2. The van der Waals surface area contributed by atoms with Crippen LogP contribution in [0, 0.1) is 5.92 Å². The van der Waals surface area contributed by atoms with Crippen LogP contribution in [-0.4, -0.2) is 34.9 Å². The van der Waals surface area contributed by atoms with Crippen molar-refractivity contribution in [3.8, 4) is 10.6 Å². The first-order chi connectivity index (χ1) is 10.8. The van der Waals surface area contributed by atoms with Gasteiger partial charge in [-0.2, -0.15) is 11.8 Å². The summed E-state index contributed by atoms with van der Waals surface area (Å²) in [7, 11) is 4.26. The average Bonchev–Trinajstić information content (AvgIpc) is 2.90. The first-order valence-corrected chi connectivity index (χ1v) is 10.2. The van der Waals surface area contributed by atoms with Crippen LogP contribution in [0.15, 0.2) is 12.3 Å². The van der Waals surface area contributed by atoms with Crippen molar-refractivity contribution in [1.82, 2.24) is 9.97 Å². The molecule has 0 aliphatic rings. The van der Waals surface area contributed by atoms with Crippen LogP contribution < -0.4 is 10.2 Å². The van der Waals surface area contributed by atoms with E-state index in [1.165, 1.54) is 11.3 Å². The lowest BCUT2D eigenvalue weighted by Crippen LogP contribution is -2.32. The summed E-state index contributed by atoms with van der Waals surface area (Å²) in [6.07, 6.45) is 3.63. The number of thiazole rings is 1. The monoisotopic (exact) mass is 407 g/mol. The number of carbonyl (C=O) groups excluding carboxylic acids is 1. The minimum atomic E-state index is -0.0764. The van der Waals surface area contributed by atoms with Crippen LogP contribution in [-0.2, 0) is 4.79 Å². The molecule has 23 heavy (non-hydrogen) atoms. The number of hydrogen-bond acceptors (Lipinski definition) is 5. The largest absolute Gasteiger partial charge is 0.304 e. The molecule has 1 amide bonds. The summed E-state index contributed by atoms with van der Waals surface area (Å²) in [4.78, 5) is 22.5. The van der Waals surface area contributed by atoms with E-state index in [2.05, 4.69) is 19.2 Å². The van der Waals surface area contributed by atoms with Crippen LogP contribution in [0.2, 0.25) is 10.3 Å². The van der Waals surface area contributed by atoms with Crippen LogP contribution in [0.25, 0.3) is 10.6 Å². The minimum absolute atomic E-state index is 0.0254. The number of rotatable bonds is 5. The van der Waals surface area contributed by atoms with Crippen LogP contribution >= 0.6 is 55.5 Å². The van der Waals surface area contributed by atoms with Gasteiger partial charge in [0.25, 0.3) is 0 Å². The Balaban J connectivity index is 2.30. The smallest absolute Gasteiger partial charge is 0.231 e. The van der Waals surface area contributed by atoms with Gasteiger partial charge in [-0.05, 0) is 12.3 Å². The Morgan fingerprint density at radius 1 is 1.48 bits per heavy atom. The SMILES string of the molecule is CSCC(C)C(=O)N(C)c1sc(-c2cnc(Cl)c(P)c2)nc1Cl. The molecule has 2 aromatic heterocycles. The van der Waals surface area contributed by atoms with Gasteiger partial charge < -0.3 is 4.90 Å². The lowest BCUT2D eigenvalue weighted by Gasteiger charge is -2.19. The Hall–Kier alpha value is -0.390. The van der Waals surface area contributed by atoms with Crippen molar-refractivity contribution in [3.63, 3.8) is 0 Å². The topological polar surface area (TPSA) is 46.1 Å². The molecule has 0 spiro atoms. The maximum Gasteiger partial charge on any atom is 0.231 e. The van der Waals surface area contributed by atoms with Crippen molar-refractivity contribution >= 4 is 71.8 Å². The summed E-state index contributed by atoms with van der Waals surface area (Å²) >= 11 is 15.2. The highest BCUT2D eigenvalue weighted by atomic mass is 35.5. The molecule has 0 N–H and O–H groups in total. The molecule has 4 nitrogen and oxygen atoms in total. The number of pyridine rings is 1. The van der Waals surface area contributed by atoms with Gasteiger partial charge >= 0.3 is 0 Å². The van der Waals surface area contributed by atoms with E-state index in [1.807, 2.05) is 19.2 Å². The summed E-state index contributed by atoms with van der Waals surface area (Å²) < 4.78 is 0. The summed E-state index contributed by atoms with van der Waals surface area (Å²) in [5, 5.41) is 2.88. The van der Waals surface area contributed by atoms with Crippen molar-refractivity contribution in [3.05, 3.63) is 22.6 Å². The second-order valence-corrected chi connectivity index (χ2v) is 8.20. The Labute approximate surface area is 156 Å². The zero-order valence-corrected chi connectivity index (χ0v) is 17.1. The van der Waals surface area contributed by atoms with Crippen molar-refractivity contribution in [2.24, 2.45) is 5.92 Å². The predicted molar refractivity (Wildman–Crippen MR) is 106 cm³/mol. The molecule has 2 aromatic rings. The number of hydrogen-bond donors (Lipinski definition) is 0. The zero-order chi connectivity index (χ0) is 17.1. The van der Waals surface area contributed by atoms with Gasteiger partial charge in [-0.1, -0.05) is 41.5 Å². The maximum atomic E-state index is 12.4. The zero-order valence-electron chi connectivity index (χ0n) is 12.8. The van der Waals surface area contributed by atoms with Gasteiger partial charge in [0, 0.05) is 35.8 Å². The van der Waals surface area contributed by atoms with Gasteiger partial charge in [0.05, 0.1) is 0 Å². The number of thioether (sulfide) groups is 1. The van der Waals surface area contributed by atoms with E-state index in [1.54, 1.807) is 29.9 Å². The summed E-state index contributed by atoms with van der Waals surface area (Å²) in [6, 6.07) is 1.87. The van der Waals surface area contributed by atoms with Gasteiger partial charge in [0.2, 0.25) is 5.91 Å². The second kappa shape index (κ2) is 8.13. The summed E-state index contributed by atoms with van der Waals surface area (Å²) in [5.41, 5.74) is 0.815. The lowest BCUT2D eigenvalue weighted by atomic mass is 10.2. The van der Waals surface area contributed by atoms with Crippen molar-refractivity contribution in [2.75, 3.05) is 24.0 Å². The van der Waals surface area contributed by atoms with Crippen LogP contribution in [0.5, 0.6) is 0 Å². The lowest BCUT2D eigenvalue weighted by molar-refractivity contribution is -0.120. The third-order valence-electron chi connectivity index (χ3n) is 3.16. The average molecular weight is 408 g/mol. The number of carbonyl (C=O) groups is 1. The molecule has 0 saturated carbocycles. The molecule has 9 heteroatoms. The van der Waals surface area contributed by atoms with Gasteiger partial charge in [0.1, 0.15) is 15.2 Å². The molecule has 124 valence electrons. The van der Waals surface area contributed by atoms with Crippen LogP contribution in [0.1, 0.15) is 6.92 Å². The molecule has 2 rings (SSSR count). The number of amides is 1. The van der Waals surface area contributed by atoms with Gasteiger partial charge in [-0.25, -0.2) is 9.97 Å². The normalized spacial score (nSPS) is 12.3. The van der Waals surface area contributed by atoms with Crippen LogP contribution in [0.3, 0.4) is 0 Å². The Morgan fingerprint density at radius 3 is 2.78 bits per heavy atom. The number of nitrogens with zero attached hydrogens (tertiary/aromatic N) is 3. The maximum absolute atomic E-state index is 12.4. The summed E-state index contributed by atoms with van der Waals surface area (Å²) in [5.74, 6) is 0.717. The molecule has 0 bridgehead atoms. The number of anilines is 1. The van der Waals surface area contributed by atoms with Crippen molar-refractivity contribution in [2.45, 2.75) is 6.92 Å². The van der Waals surface area contributed by atoms with E-state index in [9.17, 15) is 4.79 Å². The first-order valence-electron chi connectivity index (χ1n) is 6.69. The van der Waals surface area contributed by atoms with E-state index in [4.69, 9.17) is 23.2 Å². The molecule has 0 aromatic carbocycles. The molecule has 2 atom stereocenters. The molecular weight excluding hydrogens is 392 g/mol. The predicted octanol–water partition coefficient (Wildman–Crippen LogP) is 3.97. The fraction of sp³-hybridized carbons (Fsp3) is 0.357. The second-order valence-electron chi connectivity index (χ2n) is 4.97. The van der Waals surface area contributed by atoms with E-state index >= 15 is 0 Å². The minimum Gasteiger partial charge on any atom is -0.304 e. The highest BCUT2D eigenvalue weighted by Gasteiger charge is 2.23. The molecule has 0 aliphatic carbocycles. The fourth-order valence-electron chi connectivity index (χ4n) is 1.96. The van der Waals surface area contributed by atoms with E-state index in [-0.39, 0.29) is 11.8 Å². The van der Waals surface area contributed by atoms with E-state index in [0.717, 1.165) is 16.6 Å². The van der Waals surface area contributed by atoms with E-state index in [0.29, 0.717) is 20.3 Å². The van der Waals surface area contributed by atoms with Gasteiger partial charge in [0.15, 0.2) is 5.15 Å². The third kappa shape index (κ3) is 4.37. The summed E-state index contributed by atoms with van der Waals surface area (Å²) in [6.45, 7) is 1.91. The standard InChI is InChI=1S/C14H16Cl2N3OPS2/c1-7(6-22-3)13(20)19(2)14-11(16)18-12(23-14)8-4-9(21)10(15)17-5-8/h4-5,7H,6,21H2,1-3H3. The molecule has 2 heterocycles. The Kier molecular flexibility index (Phi) is 6.69.